The lowest BCUT2D eigenvalue weighted by atomic mass is 10.1. The zero-order chi connectivity index (χ0) is 18.9. The molecule has 0 heterocycles. The van der Waals surface area contributed by atoms with Gasteiger partial charge in [-0.1, -0.05) is 59.6 Å². The predicted molar refractivity (Wildman–Crippen MR) is 106 cm³/mol. The molecule has 0 aliphatic carbocycles. The summed E-state index contributed by atoms with van der Waals surface area (Å²) in [5.41, 5.74) is 1.90. The van der Waals surface area contributed by atoms with Crippen LogP contribution < -0.4 is 5.32 Å². The Balaban J connectivity index is 1.79. The van der Waals surface area contributed by atoms with Crippen molar-refractivity contribution in [1.82, 2.24) is 10.2 Å². The minimum Gasteiger partial charge on any atom is -0.354 e. The van der Waals surface area contributed by atoms with Crippen molar-refractivity contribution < 1.29 is 9.59 Å². The number of carbonyl (C=O) groups is 2. The molecule has 26 heavy (non-hydrogen) atoms. The number of amides is 2. The lowest BCUT2D eigenvalue weighted by Crippen LogP contribution is -2.39. The van der Waals surface area contributed by atoms with E-state index in [2.05, 4.69) is 5.32 Å². The number of benzene rings is 2. The lowest BCUT2D eigenvalue weighted by Gasteiger charge is -2.21. The Morgan fingerprint density at radius 1 is 1.04 bits per heavy atom. The maximum atomic E-state index is 12.0. The standard InChI is InChI=1S/C20H22Cl2N2O2/c1-15(25)24(11-9-17-7-8-18(21)14-19(17)22)12-10-23-20(26)13-16-5-3-2-4-6-16/h2-8,14H,9-13H2,1H3,(H,23,26). The molecular formula is C20H22Cl2N2O2. The van der Waals surface area contributed by atoms with Crippen molar-refractivity contribution in [3.8, 4) is 0 Å². The van der Waals surface area contributed by atoms with Crippen molar-refractivity contribution in [3.05, 3.63) is 69.7 Å². The third-order valence-corrected chi connectivity index (χ3v) is 4.61. The van der Waals surface area contributed by atoms with Crippen LogP contribution in [0, 0.1) is 0 Å². The van der Waals surface area contributed by atoms with Gasteiger partial charge in [0.2, 0.25) is 11.8 Å². The van der Waals surface area contributed by atoms with E-state index in [0.717, 1.165) is 11.1 Å². The summed E-state index contributed by atoms with van der Waals surface area (Å²) < 4.78 is 0. The molecule has 2 aromatic rings. The summed E-state index contributed by atoms with van der Waals surface area (Å²) in [6.07, 6.45) is 0.967. The predicted octanol–water partition coefficient (Wildman–Crippen LogP) is 3.74. The highest BCUT2D eigenvalue weighted by atomic mass is 35.5. The van der Waals surface area contributed by atoms with Gasteiger partial charge in [-0.15, -0.1) is 0 Å². The van der Waals surface area contributed by atoms with E-state index in [4.69, 9.17) is 23.2 Å². The van der Waals surface area contributed by atoms with Gasteiger partial charge in [0.15, 0.2) is 0 Å². The van der Waals surface area contributed by atoms with E-state index in [9.17, 15) is 9.59 Å². The summed E-state index contributed by atoms with van der Waals surface area (Å²) in [6.45, 7) is 2.93. The summed E-state index contributed by atoms with van der Waals surface area (Å²) in [6, 6.07) is 14.9. The molecule has 0 saturated heterocycles. The van der Waals surface area contributed by atoms with Crippen LogP contribution in [0.4, 0.5) is 0 Å². The zero-order valence-electron chi connectivity index (χ0n) is 14.7. The molecule has 0 atom stereocenters. The summed E-state index contributed by atoms with van der Waals surface area (Å²) in [5.74, 6) is -0.0900. The van der Waals surface area contributed by atoms with Crippen molar-refractivity contribution >= 4 is 35.0 Å². The van der Waals surface area contributed by atoms with Crippen LogP contribution in [-0.2, 0) is 22.4 Å². The molecule has 2 amide bonds. The van der Waals surface area contributed by atoms with E-state index >= 15 is 0 Å². The molecule has 0 radical (unpaired) electrons. The molecule has 0 bridgehead atoms. The number of nitrogens with zero attached hydrogens (tertiary/aromatic N) is 1. The first-order chi connectivity index (χ1) is 12.5. The Morgan fingerprint density at radius 3 is 2.42 bits per heavy atom. The molecule has 6 heteroatoms. The second-order valence-electron chi connectivity index (χ2n) is 6.00. The fourth-order valence-electron chi connectivity index (χ4n) is 2.58. The Labute approximate surface area is 164 Å². The molecule has 1 N–H and O–H groups in total. The number of nitrogens with one attached hydrogen (secondary N) is 1. The summed E-state index contributed by atoms with van der Waals surface area (Å²) in [7, 11) is 0. The average Bonchev–Trinajstić information content (AvgIpc) is 2.59. The highest BCUT2D eigenvalue weighted by Gasteiger charge is 2.11. The molecule has 0 fully saturated rings. The molecule has 0 saturated carbocycles. The third-order valence-electron chi connectivity index (χ3n) is 4.02. The number of hydrogen-bond donors (Lipinski definition) is 1. The van der Waals surface area contributed by atoms with Crippen molar-refractivity contribution in [3.63, 3.8) is 0 Å². The average molecular weight is 393 g/mol. The first kappa shape index (κ1) is 20.3. The number of rotatable bonds is 8. The van der Waals surface area contributed by atoms with Crippen LogP contribution in [0.2, 0.25) is 10.0 Å². The molecule has 0 aromatic heterocycles. The SMILES string of the molecule is CC(=O)N(CCNC(=O)Cc1ccccc1)CCc1ccc(Cl)cc1Cl. The van der Waals surface area contributed by atoms with E-state index in [0.29, 0.717) is 42.5 Å². The molecule has 4 nitrogen and oxygen atoms in total. The Kier molecular flexibility index (Phi) is 7.95. The van der Waals surface area contributed by atoms with Crippen molar-refractivity contribution in [2.24, 2.45) is 0 Å². The van der Waals surface area contributed by atoms with Gasteiger partial charge >= 0.3 is 0 Å². The van der Waals surface area contributed by atoms with E-state index in [1.54, 1.807) is 17.0 Å². The molecule has 0 aliphatic rings. The van der Waals surface area contributed by atoms with Crippen LogP contribution >= 0.6 is 23.2 Å². The van der Waals surface area contributed by atoms with Crippen LogP contribution in [0.1, 0.15) is 18.1 Å². The van der Waals surface area contributed by atoms with Gasteiger partial charge in [-0.2, -0.15) is 0 Å². The maximum absolute atomic E-state index is 12.0. The first-order valence-corrected chi connectivity index (χ1v) is 9.21. The number of halogens is 2. The van der Waals surface area contributed by atoms with Gasteiger partial charge in [0, 0.05) is 36.6 Å². The minimum absolute atomic E-state index is 0.0348. The van der Waals surface area contributed by atoms with Crippen molar-refractivity contribution in [1.29, 1.82) is 0 Å². The van der Waals surface area contributed by atoms with E-state index in [1.165, 1.54) is 6.92 Å². The smallest absolute Gasteiger partial charge is 0.224 e. The van der Waals surface area contributed by atoms with Gasteiger partial charge in [-0.25, -0.2) is 0 Å². The van der Waals surface area contributed by atoms with Crippen molar-refractivity contribution in [2.45, 2.75) is 19.8 Å². The second kappa shape index (κ2) is 10.2. The fourth-order valence-corrected chi connectivity index (χ4v) is 3.08. The first-order valence-electron chi connectivity index (χ1n) is 8.46. The summed E-state index contributed by atoms with van der Waals surface area (Å²) in [5, 5.41) is 4.04. The molecule has 2 rings (SSSR count). The molecule has 0 unspecified atom stereocenters. The molecule has 138 valence electrons. The Morgan fingerprint density at radius 2 is 1.77 bits per heavy atom. The normalized spacial score (nSPS) is 10.4. The van der Waals surface area contributed by atoms with E-state index < -0.39 is 0 Å². The fraction of sp³-hybridized carbons (Fsp3) is 0.300. The van der Waals surface area contributed by atoms with Gasteiger partial charge in [0.1, 0.15) is 0 Å². The van der Waals surface area contributed by atoms with Crippen molar-refractivity contribution in [2.75, 3.05) is 19.6 Å². The van der Waals surface area contributed by atoms with Crippen LogP contribution in [0.25, 0.3) is 0 Å². The second-order valence-corrected chi connectivity index (χ2v) is 6.85. The highest BCUT2D eigenvalue weighted by Crippen LogP contribution is 2.21. The topological polar surface area (TPSA) is 49.4 Å². The van der Waals surface area contributed by atoms with Gasteiger partial charge in [0.25, 0.3) is 0 Å². The summed E-state index contributed by atoms with van der Waals surface area (Å²) in [4.78, 5) is 25.5. The van der Waals surface area contributed by atoms with Crippen LogP contribution in [-0.4, -0.2) is 36.3 Å². The Bertz CT molecular complexity index is 751. The van der Waals surface area contributed by atoms with Gasteiger partial charge in [0.05, 0.1) is 6.42 Å². The van der Waals surface area contributed by atoms with Crippen LogP contribution in [0.15, 0.2) is 48.5 Å². The zero-order valence-corrected chi connectivity index (χ0v) is 16.2. The highest BCUT2D eigenvalue weighted by molar-refractivity contribution is 6.35. The van der Waals surface area contributed by atoms with Gasteiger partial charge in [-0.05, 0) is 29.7 Å². The maximum Gasteiger partial charge on any atom is 0.224 e. The molecule has 2 aromatic carbocycles. The van der Waals surface area contributed by atoms with Gasteiger partial charge in [-0.3, -0.25) is 9.59 Å². The molecule has 0 aliphatic heterocycles. The van der Waals surface area contributed by atoms with Crippen LogP contribution in [0.5, 0.6) is 0 Å². The van der Waals surface area contributed by atoms with E-state index in [1.807, 2.05) is 36.4 Å². The van der Waals surface area contributed by atoms with E-state index in [-0.39, 0.29) is 11.8 Å². The van der Waals surface area contributed by atoms with Crippen LogP contribution in [0.3, 0.4) is 0 Å². The third kappa shape index (κ3) is 6.70. The van der Waals surface area contributed by atoms with Gasteiger partial charge < -0.3 is 10.2 Å². The monoisotopic (exact) mass is 392 g/mol. The Hall–Kier alpha value is -2.04. The number of hydrogen-bond acceptors (Lipinski definition) is 2. The molecular weight excluding hydrogens is 371 g/mol. The lowest BCUT2D eigenvalue weighted by molar-refractivity contribution is -0.129. The largest absolute Gasteiger partial charge is 0.354 e. The quantitative estimate of drug-likeness (QED) is 0.743. The number of carbonyl (C=O) groups excluding carboxylic acids is 2. The minimum atomic E-state index is -0.0551. The summed E-state index contributed by atoms with van der Waals surface area (Å²) >= 11 is 12.1. The molecule has 0 spiro atoms.